The van der Waals surface area contributed by atoms with E-state index in [4.69, 9.17) is 11.6 Å². The van der Waals surface area contributed by atoms with Gasteiger partial charge in [0.05, 0.1) is 10.5 Å². The number of sulfonamides is 1. The van der Waals surface area contributed by atoms with Crippen molar-refractivity contribution in [2.45, 2.75) is 11.6 Å². The third-order valence-electron chi connectivity index (χ3n) is 2.17. The number of nitrogens with one attached hydrogen (secondary N) is 1. The molecule has 5 nitrogen and oxygen atoms in total. The summed E-state index contributed by atoms with van der Waals surface area (Å²) in [4.78, 5) is 0.889. The highest BCUT2D eigenvalue weighted by atomic mass is 35.5. The lowest BCUT2D eigenvalue weighted by atomic mass is 10.5. The highest BCUT2D eigenvalue weighted by molar-refractivity contribution is 7.89. The molecule has 0 fully saturated rings. The number of nitrogens with zero attached hydrogens (tertiary/aromatic N) is 2. The Morgan fingerprint density at radius 2 is 2.24 bits per heavy atom. The van der Waals surface area contributed by atoms with Gasteiger partial charge >= 0.3 is 0 Å². The first-order chi connectivity index (χ1) is 8.00. The average molecular weight is 292 g/mol. The highest BCUT2D eigenvalue weighted by Gasteiger charge is 2.22. The van der Waals surface area contributed by atoms with Gasteiger partial charge in [0.15, 0.2) is 5.03 Å². The molecule has 0 amide bonds. The third-order valence-corrected chi connectivity index (χ3v) is 5.12. The van der Waals surface area contributed by atoms with Crippen LogP contribution >= 0.6 is 22.9 Å². The first-order valence-corrected chi connectivity index (χ1v) is 7.33. The van der Waals surface area contributed by atoms with Crippen LogP contribution in [0, 0.1) is 0 Å². The number of rotatable bonds is 4. The van der Waals surface area contributed by atoms with Gasteiger partial charge in [-0.3, -0.25) is 5.10 Å². The minimum atomic E-state index is -3.51. The molecule has 0 aliphatic carbocycles. The molecule has 0 saturated heterocycles. The predicted octanol–water partition coefficient (Wildman–Crippen LogP) is 1.95. The van der Waals surface area contributed by atoms with E-state index >= 15 is 0 Å². The second-order valence-electron chi connectivity index (χ2n) is 3.39. The van der Waals surface area contributed by atoms with Gasteiger partial charge in [0.25, 0.3) is 10.0 Å². The Kier molecular flexibility index (Phi) is 3.53. The minimum absolute atomic E-state index is 0.0858. The number of aromatic nitrogens is 2. The molecule has 0 aromatic carbocycles. The van der Waals surface area contributed by atoms with Crippen LogP contribution in [0.25, 0.3) is 0 Å². The Balaban J connectivity index is 2.18. The smallest absolute Gasteiger partial charge is 0.260 e. The number of thiophene rings is 1. The summed E-state index contributed by atoms with van der Waals surface area (Å²) in [7, 11) is -1.99. The van der Waals surface area contributed by atoms with E-state index in [-0.39, 0.29) is 5.03 Å². The van der Waals surface area contributed by atoms with Gasteiger partial charge in [-0.05, 0) is 18.2 Å². The fourth-order valence-corrected chi connectivity index (χ4v) is 3.56. The van der Waals surface area contributed by atoms with Gasteiger partial charge in [0.2, 0.25) is 0 Å². The number of hydrogen-bond donors (Lipinski definition) is 1. The van der Waals surface area contributed by atoms with Gasteiger partial charge in [-0.2, -0.15) is 9.40 Å². The van der Waals surface area contributed by atoms with Crippen molar-refractivity contribution in [3.8, 4) is 0 Å². The molecule has 17 heavy (non-hydrogen) atoms. The first-order valence-electron chi connectivity index (χ1n) is 4.70. The van der Waals surface area contributed by atoms with Crippen molar-refractivity contribution in [1.82, 2.24) is 14.5 Å². The predicted molar refractivity (Wildman–Crippen MR) is 66.6 cm³/mol. The van der Waals surface area contributed by atoms with Crippen molar-refractivity contribution < 1.29 is 8.42 Å². The van der Waals surface area contributed by atoms with Gasteiger partial charge in [-0.15, -0.1) is 11.3 Å². The fraction of sp³-hybridized carbons (Fsp3) is 0.222. The molecule has 2 aromatic rings. The average Bonchev–Trinajstić information content (AvgIpc) is 2.89. The van der Waals surface area contributed by atoms with Crippen LogP contribution in [0.2, 0.25) is 4.34 Å². The molecule has 8 heteroatoms. The number of aromatic amines is 1. The van der Waals surface area contributed by atoms with Gasteiger partial charge in [-0.25, -0.2) is 8.42 Å². The summed E-state index contributed by atoms with van der Waals surface area (Å²) in [5, 5.41) is 6.17. The van der Waals surface area contributed by atoms with Crippen molar-refractivity contribution >= 4 is 33.0 Å². The van der Waals surface area contributed by atoms with Crippen molar-refractivity contribution in [3.05, 3.63) is 33.6 Å². The molecular formula is C9H10ClN3O2S2. The van der Waals surface area contributed by atoms with Gasteiger partial charge in [0.1, 0.15) is 0 Å². The normalized spacial score (nSPS) is 12.2. The summed E-state index contributed by atoms with van der Waals surface area (Å²) < 4.78 is 26.0. The molecule has 92 valence electrons. The molecule has 2 heterocycles. The molecule has 0 unspecified atom stereocenters. The lowest BCUT2D eigenvalue weighted by molar-refractivity contribution is 0.466. The Morgan fingerprint density at radius 1 is 1.47 bits per heavy atom. The summed E-state index contributed by atoms with van der Waals surface area (Å²) >= 11 is 7.15. The van der Waals surface area contributed by atoms with Crippen molar-refractivity contribution in [2.24, 2.45) is 0 Å². The van der Waals surface area contributed by atoms with Crippen LogP contribution in [0.4, 0.5) is 0 Å². The van der Waals surface area contributed by atoms with E-state index in [0.717, 1.165) is 4.88 Å². The highest BCUT2D eigenvalue weighted by Crippen LogP contribution is 2.24. The van der Waals surface area contributed by atoms with Crippen LogP contribution in [-0.2, 0) is 16.6 Å². The van der Waals surface area contributed by atoms with Crippen LogP contribution in [0.3, 0.4) is 0 Å². The summed E-state index contributed by atoms with van der Waals surface area (Å²) in [5.74, 6) is 0. The lowest BCUT2D eigenvalue weighted by Gasteiger charge is -2.14. The Labute approximate surface area is 108 Å². The van der Waals surface area contributed by atoms with Crippen LogP contribution in [0.1, 0.15) is 4.88 Å². The standard InChI is InChI=1S/C9H10ClN3O2S2/c1-13(6-7-2-3-8(10)16-7)17(14,15)9-4-5-11-12-9/h2-5H,6H2,1H3,(H,11,12). The zero-order valence-electron chi connectivity index (χ0n) is 8.92. The largest absolute Gasteiger partial charge is 0.266 e. The summed E-state index contributed by atoms with van der Waals surface area (Å²) in [6.45, 7) is 0.290. The summed E-state index contributed by atoms with van der Waals surface area (Å²) in [6.07, 6.45) is 1.41. The van der Waals surface area contributed by atoms with E-state index < -0.39 is 10.0 Å². The van der Waals surface area contributed by atoms with Crippen molar-refractivity contribution in [2.75, 3.05) is 7.05 Å². The maximum atomic E-state index is 12.0. The molecule has 2 rings (SSSR count). The molecule has 0 aliphatic heterocycles. The summed E-state index contributed by atoms with van der Waals surface area (Å²) in [5.41, 5.74) is 0. The van der Waals surface area contributed by atoms with E-state index in [0.29, 0.717) is 10.9 Å². The van der Waals surface area contributed by atoms with E-state index in [1.165, 1.54) is 35.0 Å². The molecule has 0 radical (unpaired) electrons. The van der Waals surface area contributed by atoms with E-state index in [1.807, 2.05) is 6.07 Å². The monoisotopic (exact) mass is 291 g/mol. The fourth-order valence-electron chi connectivity index (χ4n) is 1.30. The molecule has 0 bridgehead atoms. The molecule has 0 saturated carbocycles. The lowest BCUT2D eigenvalue weighted by Crippen LogP contribution is -2.26. The van der Waals surface area contributed by atoms with Gasteiger partial charge in [0, 0.05) is 18.5 Å². The van der Waals surface area contributed by atoms with Crippen LogP contribution in [0.5, 0.6) is 0 Å². The zero-order chi connectivity index (χ0) is 12.5. The third kappa shape index (κ3) is 2.68. The number of H-pyrrole nitrogens is 1. The topological polar surface area (TPSA) is 66.1 Å². The van der Waals surface area contributed by atoms with Crippen LogP contribution in [0.15, 0.2) is 29.4 Å². The van der Waals surface area contributed by atoms with Gasteiger partial charge in [-0.1, -0.05) is 11.6 Å². The van der Waals surface area contributed by atoms with E-state index in [9.17, 15) is 8.42 Å². The van der Waals surface area contributed by atoms with Crippen LogP contribution < -0.4 is 0 Å². The first kappa shape index (κ1) is 12.6. The summed E-state index contributed by atoms with van der Waals surface area (Å²) in [6, 6.07) is 4.98. The van der Waals surface area contributed by atoms with E-state index in [1.54, 1.807) is 6.07 Å². The van der Waals surface area contributed by atoms with Crippen molar-refractivity contribution in [3.63, 3.8) is 0 Å². The molecule has 0 spiro atoms. The molecule has 2 aromatic heterocycles. The second-order valence-corrected chi connectivity index (χ2v) is 7.20. The maximum Gasteiger partial charge on any atom is 0.260 e. The van der Waals surface area contributed by atoms with Gasteiger partial charge < -0.3 is 0 Å². The minimum Gasteiger partial charge on any atom is -0.266 e. The second kappa shape index (κ2) is 4.77. The van der Waals surface area contributed by atoms with Crippen molar-refractivity contribution in [1.29, 1.82) is 0 Å². The molecular weight excluding hydrogens is 282 g/mol. The van der Waals surface area contributed by atoms with Crippen LogP contribution in [-0.4, -0.2) is 30.0 Å². The molecule has 1 N–H and O–H groups in total. The zero-order valence-corrected chi connectivity index (χ0v) is 11.3. The number of halogens is 1. The quantitative estimate of drug-likeness (QED) is 0.936. The molecule has 0 aliphatic rings. The maximum absolute atomic E-state index is 12.0. The Bertz CT molecular complexity index is 592. The Hall–Kier alpha value is -0.890. The number of hydrogen-bond acceptors (Lipinski definition) is 4. The van der Waals surface area contributed by atoms with E-state index in [2.05, 4.69) is 10.2 Å². The molecule has 0 atom stereocenters. The SMILES string of the molecule is CN(Cc1ccc(Cl)s1)S(=O)(=O)c1ccn[nH]1. The Morgan fingerprint density at radius 3 is 2.76 bits per heavy atom.